The van der Waals surface area contributed by atoms with Crippen LogP contribution in [0.1, 0.15) is 50.7 Å². The number of rotatable bonds is 22. The van der Waals surface area contributed by atoms with Gasteiger partial charge in [-0.2, -0.15) is 0 Å². The second kappa shape index (κ2) is 28.8. The van der Waals surface area contributed by atoms with E-state index in [-0.39, 0.29) is 12.2 Å². The average molecular weight is 673 g/mol. The molecule has 49 heavy (non-hydrogen) atoms. The molecule has 7 nitrogen and oxygen atoms in total. The molecule has 0 aliphatic rings. The minimum atomic E-state index is -0.338. The molecule has 2 atom stereocenters. The quantitative estimate of drug-likeness (QED) is 0.0660. The van der Waals surface area contributed by atoms with Gasteiger partial charge in [0.1, 0.15) is 18.1 Å². The molecular weight excluding hydrogens is 616 g/mol. The number of hydrogen-bond donors (Lipinski definition) is 1. The molecule has 4 aromatic rings. The zero-order valence-corrected chi connectivity index (χ0v) is 29.4. The molecule has 266 valence electrons. The van der Waals surface area contributed by atoms with Crippen LogP contribution in [-0.2, 0) is 32.2 Å². The lowest BCUT2D eigenvalue weighted by molar-refractivity contribution is -0.0279. The topological polar surface area (TPSA) is 75.6 Å². The van der Waals surface area contributed by atoms with E-state index in [1.54, 1.807) is 0 Å². The van der Waals surface area contributed by atoms with Gasteiger partial charge in [0, 0.05) is 26.1 Å². The van der Waals surface area contributed by atoms with E-state index in [1.807, 2.05) is 116 Å². The van der Waals surface area contributed by atoms with Crippen molar-refractivity contribution in [2.24, 2.45) is 0 Å². The van der Waals surface area contributed by atoms with Gasteiger partial charge < -0.3 is 33.5 Å². The fourth-order valence-corrected chi connectivity index (χ4v) is 4.09. The minimum Gasteiger partial charge on any atom is -0.497 e. The first kappa shape index (κ1) is 41.0. The third-order valence-electron chi connectivity index (χ3n) is 6.97. The van der Waals surface area contributed by atoms with Crippen molar-refractivity contribution in [1.29, 1.82) is 0 Å². The van der Waals surface area contributed by atoms with E-state index in [2.05, 4.69) is 25.6 Å². The number of ether oxygens (including phenoxy) is 6. The molecule has 4 rings (SSSR count). The van der Waals surface area contributed by atoms with Crippen molar-refractivity contribution in [3.05, 3.63) is 145 Å². The summed E-state index contributed by atoms with van der Waals surface area (Å²) in [6.45, 7) is 12.5. The number of aliphatic hydroxyl groups is 1. The molecule has 0 unspecified atom stereocenters. The minimum absolute atomic E-state index is 0.144. The van der Waals surface area contributed by atoms with E-state index in [0.29, 0.717) is 52.9 Å². The number of hydrogen-bond acceptors (Lipinski definition) is 7. The summed E-state index contributed by atoms with van der Waals surface area (Å²) >= 11 is 0. The van der Waals surface area contributed by atoms with Crippen molar-refractivity contribution in [3.63, 3.8) is 0 Å². The van der Waals surface area contributed by atoms with Crippen LogP contribution in [0.3, 0.4) is 0 Å². The Balaban J connectivity index is 0.000000277. The smallest absolute Gasteiger partial charge is 0.119 e. The molecule has 0 radical (unpaired) electrons. The monoisotopic (exact) mass is 672 g/mol. The van der Waals surface area contributed by atoms with Gasteiger partial charge in [0.05, 0.1) is 51.5 Å². The first-order valence-electron chi connectivity index (χ1n) is 17.3. The van der Waals surface area contributed by atoms with Crippen molar-refractivity contribution in [2.75, 3.05) is 39.6 Å². The molecule has 1 N–H and O–H groups in total. The van der Waals surface area contributed by atoms with Crippen molar-refractivity contribution in [3.8, 4) is 11.5 Å². The van der Waals surface area contributed by atoms with Gasteiger partial charge in [-0.1, -0.05) is 117 Å². The number of benzene rings is 4. The summed E-state index contributed by atoms with van der Waals surface area (Å²) in [4.78, 5) is 0. The molecule has 0 heterocycles. The van der Waals surface area contributed by atoms with Crippen molar-refractivity contribution in [1.82, 2.24) is 0 Å². The summed E-state index contributed by atoms with van der Waals surface area (Å²) < 4.78 is 33.0. The predicted molar refractivity (Wildman–Crippen MR) is 198 cm³/mol. The van der Waals surface area contributed by atoms with Crippen LogP contribution < -0.4 is 9.47 Å². The summed E-state index contributed by atoms with van der Waals surface area (Å²) in [5.74, 6) is 1.79. The Labute approximate surface area is 294 Å². The third-order valence-corrected chi connectivity index (χ3v) is 6.97. The second-order valence-electron chi connectivity index (χ2n) is 11.0. The fraction of sp³-hybridized carbons (Fsp3) is 0.381. The standard InChI is InChI=1S/C20H26O3.C13H20O3.C9H10O/c1-2-19(23-16-18-10-5-3-6-11-18)17-21-14-9-15-22-20-12-7-4-8-13-20;1-2-12(14)11-15-9-6-10-16-13-7-4-3-5-8-13;1-2-10-8-9-6-4-3-5-7-9/h3-8,10-13,19H,2,9,14-17H2,1H3;3-5,7-8,12,14H,2,6,9-11H2,1H3;2-7H,1,8H2/t19-;12-;/m11./s1. The third kappa shape index (κ3) is 22.2. The van der Waals surface area contributed by atoms with Crippen LogP contribution in [0.4, 0.5) is 0 Å². The highest BCUT2D eigenvalue weighted by atomic mass is 16.5. The van der Waals surface area contributed by atoms with Crippen LogP contribution in [0.25, 0.3) is 0 Å². The zero-order chi connectivity index (χ0) is 35.0. The Morgan fingerprint density at radius 1 is 0.571 bits per heavy atom. The van der Waals surface area contributed by atoms with E-state index in [0.717, 1.165) is 37.2 Å². The van der Waals surface area contributed by atoms with Crippen LogP contribution in [0.15, 0.2) is 134 Å². The Bertz CT molecular complexity index is 1270. The van der Waals surface area contributed by atoms with Crippen LogP contribution in [-0.4, -0.2) is 57.0 Å². The van der Waals surface area contributed by atoms with Crippen molar-refractivity contribution in [2.45, 2.75) is 65.0 Å². The van der Waals surface area contributed by atoms with E-state index < -0.39 is 0 Å². The number of para-hydroxylation sites is 2. The van der Waals surface area contributed by atoms with Crippen LogP contribution in [0.5, 0.6) is 11.5 Å². The first-order valence-corrected chi connectivity index (χ1v) is 17.3. The molecule has 0 amide bonds. The van der Waals surface area contributed by atoms with Gasteiger partial charge in [0.25, 0.3) is 0 Å². The van der Waals surface area contributed by atoms with Gasteiger partial charge in [-0.15, -0.1) is 0 Å². The molecule has 0 bridgehead atoms. The maximum Gasteiger partial charge on any atom is 0.119 e. The van der Waals surface area contributed by atoms with Crippen LogP contribution in [0, 0.1) is 0 Å². The van der Waals surface area contributed by atoms with E-state index in [9.17, 15) is 5.11 Å². The Kier molecular flexibility index (Phi) is 24.1. The maximum absolute atomic E-state index is 9.24. The SMILES string of the molecule is C=COCc1ccccc1.CC[C@@H](O)COCCCOc1ccccc1.CC[C@H](COCCCOc1ccccc1)OCc1ccccc1. The Morgan fingerprint density at radius 2 is 1.02 bits per heavy atom. The summed E-state index contributed by atoms with van der Waals surface area (Å²) in [5, 5.41) is 9.24. The lowest BCUT2D eigenvalue weighted by Crippen LogP contribution is -2.19. The van der Waals surface area contributed by atoms with Gasteiger partial charge in [-0.05, 0) is 48.2 Å². The van der Waals surface area contributed by atoms with Crippen LogP contribution >= 0.6 is 0 Å². The molecule has 0 spiro atoms. The van der Waals surface area contributed by atoms with Crippen molar-refractivity contribution < 1.29 is 33.5 Å². The second-order valence-corrected chi connectivity index (χ2v) is 11.0. The Hall–Kier alpha value is -4.14. The molecule has 7 heteroatoms. The first-order chi connectivity index (χ1) is 24.1. The molecule has 0 aliphatic carbocycles. The Morgan fingerprint density at radius 3 is 1.47 bits per heavy atom. The molecular formula is C42H56O7. The van der Waals surface area contributed by atoms with Gasteiger partial charge in [-0.25, -0.2) is 0 Å². The summed E-state index contributed by atoms with van der Waals surface area (Å²) in [5.41, 5.74) is 2.37. The molecule has 0 fully saturated rings. The maximum atomic E-state index is 9.24. The lowest BCUT2D eigenvalue weighted by atomic mass is 10.2. The largest absolute Gasteiger partial charge is 0.497 e. The lowest BCUT2D eigenvalue weighted by Gasteiger charge is -2.16. The van der Waals surface area contributed by atoms with Gasteiger partial charge >= 0.3 is 0 Å². The van der Waals surface area contributed by atoms with E-state index >= 15 is 0 Å². The van der Waals surface area contributed by atoms with Crippen LogP contribution in [0.2, 0.25) is 0 Å². The van der Waals surface area contributed by atoms with Crippen molar-refractivity contribution >= 4 is 0 Å². The summed E-state index contributed by atoms with van der Waals surface area (Å²) in [6.07, 6.45) is 4.66. The average Bonchev–Trinajstić information content (AvgIpc) is 3.17. The number of aliphatic hydroxyl groups excluding tert-OH is 1. The molecule has 4 aromatic carbocycles. The molecule has 0 aliphatic heterocycles. The zero-order valence-electron chi connectivity index (χ0n) is 29.4. The highest BCUT2D eigenvalue weighted by Gasteiger charge is 2.07. The molecule has 0 saturated heterocycles. The molecule has 0 aromatic heterocycles. The predicted octanol–water partition coefficient (Wildman–Crippen LogP) is 9.06. The molecule has 0 saturated carbocycles. The van der Waals surface area contributed by atoms with Gasteiger partial charge in [0.15, 0.2) is 0 Å². The van der Waals surface area contributed by atoms with Gasteiger partial charge in [-0.3, -0.25) is 0 Å². The summed E-state index contributed by atoms with van der Waals surface area (Å²) in [6, 6.07) is 39.8. The normalized spacial score (nSPS) is 11.5. The van der Waals surface area contributed by atoms with Gasteiger partial charge in [0.2, 0.25) is 0 Å². The van der Waals surface area contributed by atoms with E-state index in [1.165, 1.54) is 17.4 Å². The summed E-state index contributed by atoms with van der Waals surface area (Å²) in [7, 11) is 0. The fourth-order valence-electron chi connectivity index (χ4n) is 4.09. The van der Waals surface area contributed by atoms with E-state index in [4.69, 9.17) is 28.4 Å². The highest BCUT2D eigenvalue weighted by Crippen LogP contribution is 2.10. The highest BCUT2D eigenvalue weighted by molar-refractivity contribution is 5.21.